The van der Waals surface area contributed by atoms with E-state index in [1.807, 2.05) is 0 Å². The maximum absolute atomic E-state index is 3.87. The first-order valence-electron chi connectivity index (χ1n) is 5.33. The molecular formula is C10H17BrMg. The summed E-state index contributed by atoms with van der Waals surface area (Å²) < 4.78 is 0.826. The molecule has 0 heterocycles. The van der Waals surface area contributed by atoms with Gasteiger partial charge in [0.2, 0.25) is 0 Å². The Balaban J connectivity index is 2.18. The predicted octanol–water partition coefficient (Wildman–Crippen LogP) is 3.78. The van der Waals surface area contributed by atoms with Gasteiger partial charge in [0.05, 0.1) is 0 Å². The van der Waals surface area contributed by atoms with Crippen LogP contribution in [0.5, 0.6) is 0 Å². The summed E-state index contributed by atoms with van der Waals surface area (Å²) in [6.45, 7) is 2.50. The maximum Gasteiger partial charge on any atom is 0.475 e. The summed E-state index contributed by atoms with van der Waals surface area (Å²) in [7, 11) is 0. The second-order valence-corrected chi connectivity index (χ2v) is 8.28. The molecule has 12 heavy (non-hydrogen) atoms. The van der Waals surface area contributed by atoms with Crippen molar-refractivity contribution < 1.29 is 0 Å². The van der Waals surface area contributed by atoms with E-state index in [0.29, 0.717) is 0 Å². The van der Waals surface area contributed by atoms with Crippen molar-refractivity contribution in [3.05, 3.63) is 0 Å². The van der Waals surface area contributed by atoms with Crippen molar-refractivity contribution in [3.8, 4) is 0 Å². The van der Waals surface area contributed by atoms with Crippen molar-refractivity contribution in [3.63, 3.8) is 0 Å². The van der Waals surface area contributed by atoms with E-state index in [1.165, 1.54) is 12.8 Å². The normalized spacial score (nSPS) is 46.8. The van der Waals surface area contributed by atoms with Gasteiger partial charge in [-0.1, -0.05) is 51.4 Å². The van der Waals surface area contributed by atoms with Crippen LogP contribution in [0.15, 0.2) is 0 Å². The Morgan fingerprint density at radius 2 is 1.83 bits per heavy atom. The molecule has 0 aromatic carbocycles. The standard InChI is InChI=1S/C10H17.BrH.Mg/c1-8-2-3-9-4-6-10(8)7-5-9;;/h8-9H,2-7H2,1H3;1H;/q;;+1/p-1. The molecule has 0 nitrogen and oxygen atoms in total. The van der Waals surface area contributed by atoms with E-state index in [1.54, 1.807) is 25.7 Å². The molecule has 0 radical (unpaired) electrons. The van der Waals surface area contributed by atoms with E-state index in [0.717, 1.165) is 15.4 Å². The number of halogens is 1. The molecule has 66 valence electrons. The highest BCUT2D eigenvalue weighted by molar-refractivity contribution is 9.23. The van der Waals surface area contributed by atoms with Crippen LogP contribution in [0.1, 0.15) is 45.4 Å². The summed E-state index contributed by atoms with van der Waals surface area (Å²) in [5.74, 6) is 2.13. The fraction of sp³-hybridized carbons (Fsp3) is 1.00. The van der Waals surface area contributed by atoms with Crippen molar-refractivity contribution in [2.24, 2.45) is 11.8 Å². The van der Waals surface area contributed by atoms with Gasteiger partial charge in [-0.05, 0) is 5.92 Å². The number of hydrogen-bond acceptors (Lipinski definition) is 0. The third-order valence-electron chi connectivity index (χ3n) is 4.42. The Bertz CT molecular complexity index is 161. The highest BCUT2D eigenvalue weighted by atomic mass is 79.9. The zero-order valence-electron chi connectivity index (χ0n) is 7.98. The molecule has 1 atom stereocenters. The topological polar surface area (TPSA) is 0 Å². The molecule has 0 aromatic rings. The molecular weight excluding hydrogens is 224 g/mol. The van der Waals surface area contributed by atoms with Crippen molar-refractivity contribution >= 4 is 31.1 Å². The van der Waals surface area contributed by atoms with E-state index in [4.69, 9.17) is 0 Å². The van der Waals surface area contributed by atoms with Gasteiger partial charge in [-0.2, -0.15) is 0 Å². The van der Waals surface area contributed by atoms with E-state index in [2.05, 4.69) is 19.8 Å². The van der Waals surface area contributed by atoms with Gasteiger partial charge in [-0.25, -0.2) is 0 Å². The monoisotopic (exact) mass is 240 g/mol. The van der Waals surface area contributed by atoms with Gasteiger partial charge >= 0.3 is 18.2 Å². The first kappa shape index (κ1) is 9.79. The van der Waals surface area contributed by atoms with Crippen LogP contribution in [0.4, 0.5) is 0 Å². The van der Waals surface area contributed by atoms with Crippen LogP contribution in [-0.2, 0) is 0 Å². The molecule has 3 aliphatic rings. The van der Waals surface area contributed by atoms with Crippen LogP contribution in [-0.4, -0.2) is 18.2 Å². The summed E-state index contributed by atoms with van der Waals surface area (Å²) in [6.07, 6.45) is 9.24. The first-order valence-corrected chi connectivity index (χ1v) is 9.93. The van der Waals surface area contributed by atoms with Gasteiger partial charge in [0.1, 0.15) is 0 Å². The third-order valence-corrected chi connectivity index (χ3v) is 9.71. The largest absolute Gasteiger partial charge is 0.475 e. The summed E-state index contributed by atoms with van der Waals surface area (Å²) in [5, 5.41) is 0. The molecule has 3 aliphatic carbocycles. The van der Waals surface area contributed by atoms with E-state index in [-0.39, 0.29) is 18.2 Å². The van der Waals surface area contributed by atoms with Crippen LogP contribution < -0.4 is 0 Å². The fourth-order valence-corrected chi connectivity index (χ4v) is 7.57. The van der Waals surface area contributed by atoms with Crippen molar-refractivity contribution in [2.75, 3.05) is 0 Å². The molecule has 3 saturated carbocycles. The first-order chi connectivity index (χ1) is 5.77. The minimum absolute atomic E-state index is 0.0421. The van der Waals surface area contributed by atoms with Crippen molar-refractivity contribution in [1.82, 2.24) is 0 Å². The van der Waals surface area contributed by atoms with Gasteiger partial charge in [-0.15, -0.1) is 3.54 Å². The van der Waals surface area contributed by atoms with E-state index >= 15 is 0 Å². The summed E-state index contributed by atoms with van der Waals surface area (Å²) in [5.41, 5.74) is 0. The van der Waals surface area contributed by atoms with Gasteiger partial charge in [0, 0.05) is 0 Å². The summed E-state index contributed by atoms with van der Waals surface area (Å²) in [6, 6.07) is 0. The van der Waals surface area contributed by atoms with Crippen LogP contribution >= 0.6 is 12.9 Å². The molecule has 1 unspecified atom stereocenters. The zero-order valence-corrected chi connectivity index (χ0v) is 11.0. The average molecular weight is 241 g/mol. The van der Waals surface area contributed by atoms with E-state index < -0.39 is 0 Å². The minimum Gasteiger partial charge on any atom is -0.306 e. The minimum atomic E-state index is 0.0421. The molecule has 0 saturated heterocycles. The Hall–Kier alpha value is 1.25. The van der Waals surface area contributed by atoms with Crippen molar-refractivity contribution in [1.29, 1.82) is 0 Å². The average Bonchev–Trinajstić information content (AvgIpc) is 2.37. The Morgan fingerprint density at radius 1 is 1.17 bits per heavy atom. The molecule has 0 aromatic heterocycles. The van der Waals surface area contributed by atoms with Gasteiger partial charge in [0.25, 0.3) is 0 Å². The van der Waals surface area contributed by atoms with Crippen molar-refractivity contribution in [2.45, 2.75) is 49.0 Å². The van der Waals surface area contributed by atoms with Gasteiger partial charge < -0.3 is 12.9 Å². The number of hydrogen-bond donors (Lipinski definition) is 0. The number of fused-ring (bicyclic) bond motifs is 4. The molecule has 0 amide bonds. The quantitative estimate of drug-likeness (QED) is 0.613. The Kier molecular flexibility index (Phi) is 3.08. The van der Waals surface area contributed by atoms with Crippen LogP contribution in [0.2, 0.25) is 3.54 Å². The van der Waals surface area contributed by atoms with Crippen LogP contribution in [0, 0.1) is 11.8 Å². The lowest BCUT2D eigenvalue weighted by atomic mass is 9.79. The van der Waals surface area contributed by atoms with Crippen LogP contribution in [0.3, 0.4) is 0 Å². The lowest BCUT2D eigenvalue weighted by molar-refractivity contribution is 0.286. The highest BCUT2D eigenvalue weighted by Gasteiger charge is 2.42. The fourth-order valence-electron chi connectivity index (χ4n) is 3.09. The lowest BCUT2D eigenvalue weighted by Gasteiger charge is -2.40. The molecule has 2 heteroatoms. The maximum atomic E-state index is 3.87. The SMILES string of the molecule is CC1CCC2CC[C]1([Mg][Br])CC2. The molecule has 3 fully saturated rings. The third kappa shape index (κ3) is 1.59. The molecule has 3 rings (SSSR count). The summed E-state index contributed by atoms with van der Waals surface area (Å²) in [4.78, 5) is 0. The van der Waals surface area contributed by atoms with Gasteiger partial charge in [0.15, 0.2) is 0 Å². The number of rotatable bonds is 1. The Morgan fingerprint density at radius 3 is 2.42 bits per heavy atom. The second kappa shape index (κ2) is 3.78. The molecule has 0 N–H and O–H groups in total. The summed E-state index contributed by atoms with van der Waals surface area (Å²) >= 11 is 3.91. The van der Waals surface area contributed by atoms with E-state index in [9.17, 15) is 0 Å². The second-order valence-electron chi connectivity index (χ2n) is 4.92. The molecule has 0 spiro atoms. The highest BCUT2D eigenvalue weighted by Crippen LogP contribution is 2.56. The lowest BCUT2D eigenvalue weighted by Crippen LogP contribution is -2.26. The smallest absolute Gasteiger partial charge is 0.306 e. The zero-order chi connectivity index (χ0) is 8.60. The van der Waals surface area contributed by atoms with Gasteiger partial charge in [-0.3, -0.25) is 0 Å². The Labute approximate surface area is 91.5 Å². The molecule has 0 aliphatic heterocycles. The van der Waals surface area contributed by atoms with Crippen LogP contribution in [0.25, 0.3) is 0 Å². The molecule has 2 bridgehead atoms. The predicted molar refractivity (Wildman–Crippen MR) is 57.7 cm³/mol.